The number of carbonyl (C=O) groups excluding carboxylic acids is 1. The number of anilines is 1. The topological polar surface area (TPSA) is 76.9 Å². The predicted octanol–water partition coefficient (Wildman–Crippen LogP) is 3.71. The molecule has 0 saturated heterocycles. The zero-order chi connectivity index (χ0) is 18.8. The molecule has 3 heterocycles. The van der Waals surface area contributed by atoms with Gasteiger partial charge < -0.3 is 5.32 Å². The SMILES string of the molecule is C=CCn1c(SCC(=O)Nc2nccs2)nc2sc3c(c2c1=O)CCCC3. The Kier molecular flexibility index (Phi) is 5.42. The molecule has 0 aromatic carbocycles. The van der Waals surface area contributed by atoms with E-state index in [2.05, 4.69) is 16.9 Å². The van der Waals surface area contributed by atoms with Crippen molar-refractivity contribution in [3.63, 3.8) is 0 Å². The van der Waals surface area contributed by atoms with Gasteiger partial charge in [-0.05, 0) is 31.2 Å². The van der Waals surface area contributed by atoms with Crippen LogP contribution in [-0.2, 0) is 24.2 Å². The van der Waals surface area contributed by atoms with Gasteiger partial charge in [-0.2, -0.15) is 0 Å². The van der Waals surface area contributed by atoms with Crippen LogP contribution in [0.25, 0.3) is 10.2 Å². The third kappa shape index (κ3) is 3.71. The molecule has 6 nitrogen and oxygen atoms in total. The molecule has 4 rings (SSSR count). The second-order valence-corrected chi connectivity index (χ2v) is 9.08. The van der Waals surface area contributed by atoms with Gasteiger partial charge in [0, 0.05) is 23.0 Å². The van der Waals surface area contributed by atoms with Gasteiger partial charge in [-0.25, -0.2) is 9.97 Å². The lowest BCUT2D eigenvalue weighted by molar-refractivity contribution is -0.113. The molecule has 0 radical (unpaired) electrons. The van der Waals surface area contributed by atoms with Gasteiger partial charge in [0.2, 0.25) is 5.91 Å². The summed E-state index contributed by atoms with van der Waals surface area (Å²) < 4.78 is 1.62. The average Bonchev–Trinajstić information content (AvgIpc) is 3.29. The summed E-state index contributed by atoms with van der Waals surface area (Å²) in [7, 11) is 0. The molecule has 27 heavy (non-hydrogen) atoms. The van der Waals surface area contributed by atoms with Gasteiger partial charge in [-0.15, -0.1) is 29.3 Å². The molecular formula is C18H18N4O2S3. The second-order valence-electron chi connectivity index (χ2n) is 6.16. The van der Waals surface area contributed by atoms with Crippen LogP contribution in [0.3, 0.4) is 0 Å². The van der Waals surface area contributed by atoms with Crippen LogP contribution in [0.15, 0.2) is 34.2 Å². The maximum Gasteiger partial charge on any atom is 0.263 e. The largest absolute Gasteiger partial charge is 0.301 e. The van der Waals surface area contributed by atoms with Crippen molar-refractivity contribution in [2.45, 2.75) is 37.4 Å². The molecule has 0 atom stereocenters. The Bertz CT molecular complexity index is 1050. The first-order chi connectivity index (χ1) is 13.2. The van der Waals surface area contributed by atoms with Gasteiger partial charge in [0.1, 0.15) is 4.83 Å². The number of allylic oxidation sites excluding steroid dienone is 1. The summed E-state index contributed by atoms with van der Waals surface area (Å²) in [6.07, 6.45) is 7.59. The fourth-order valence-corrected chi connectivity index (χ4v) is 5.85. The molecule has 9 heteroatoms. The van der Waals surface area contributed by atoms with Crippen LogP contribution < -0.4 is 10.9 Å². The highest BCUT2D eigenvalue weighted by Gasteiger charge is 2.22. The third-order valence-electron chi connectivity index (χ3n) is 4.36. The van der Waals surface area contributed by atoms with Crippen molar-refractivity contribution in [3.8, 4) is 0 Å². The van der Waals surface area contributed by atoms with Crippen molar-refractivity contribution < 1.29 is 4.79 Å². The summed E-state index contributed by atoms with van der Waals surface area (Å²) >= 11 is 4.26. The maximum atomic E-state index is 13.1. The molecule has 0 spiro atoms. The number of hydrogen-bond donors (Lipinski definition) is 1. The first kappa shape index (κ1) is 18.4. The fraction of sp³-hybridized carbons (Fsp3) is 0.333. The molecular weight excluding hydrogens is 400 g/mol. The van der Waals surface area contributed by atoms with Crippen molar-refractivity contribution in [1.82, 2.24) is 14.5 Å². The highest BCUT2D eigenvalue weighted by Crippen LogP contribution is 2.34. The average molecular weight is 419 g/mol. The first-order valence-corrected chi connectivity index (χ1v) is 11.3. The molecule has 1 aliphatic carbocycles. The lowest BCUT2D eigenvalue weighted by atomic mass is 9.97. The maximum absolute atomic E-state index is 13.1. The summed E-state index contributed by atoms with van der Waals surface area (Å²) in [5.41, 5.74) is 1.15. The van der Waals surface area contributed by atoms with Gasteiger partial charge >= 0.3 is 0 Å². The number of hydrogen-bond acceptors (Lipinski definition) is 7. The number of thioether (sulfide) groups is 1. The van der Waals surface area contributed by atoms with Crippen LogP contribution >= 0.6 is 34.4 Å². The van der Waals surface area contributed by atoms with E-state index >= 15 is 0 Å². The van der Waals surface area contributed by atoms with E-state index in [-0.39, 0.29) is 17.2 Å². The smallest absolute Gasteiger partial charge is 0.263 e. The summed E-state index contributed by atoms with van der Waals surface area (Å²) in [4.78, 5) is 36.1. The lowest BCUT2D eigenvalue weighted by Gasteiger charge is -2.12. The highest BCUT2D eigenvalue weighted by molar-refractivity contribution is 7.99. The molecule has 0 fully saturated rings. The Balaban J connectivity index is 1.65. The number of amides is 1. The van der Waals surface area contributed by atoms with Crippen LogP contribution in [0.2, 0.25) is 0 Å². The van der Waals surface area contributed by atoms with Gasteiger partial charge in [0.25, 0.3) is 5.56 Å². The van der Waals surface area contributed by atoms with E-state index in [1.54, 1.807) is 33.6 Å². The lowest BCUT2D eigenvalue weighted by Crippen LogP contribution is -2.24. The number of rotatable bonds is 6. The highest BCUT2D eigenvalue weighted by atomic mass is 32.2. The Morgan fingerprint density at radius 3 is 3.04 bits per heavy atom. The number of nitrogens with zero attached hydrogens (tertiary/aromatic N) is 3. The molecule has 1 aliphatic rings. The minimum atomic E-state index is -0.167. The van der Waals surface area contributed by atoms with Crippen molar-refractivity contribution in [3.05, 3.63) is 45.0 Å². The van der Waals surface area contributed by atoms with Gasteiger partial charge in [0.15, 0.2) is 10.3 Å². The predicted molar refractivity (Wildman–Crippen MR) is 112 cm³/mol. The second kappa shape index (κ2) is 7.95. The van der Waals surface area contributed by atoms with E-state index in [9.17, 15) is 9.59 Å². The Hall–Kier alpha value is -1.97. The number of carbonyl (C=O) groups is 1. The fourth-order valence-electron chi connectivity index (χ4n) is 3.19. The van der Waals surface area contributed by atoms with Crippen LogP contribution in [0, 0.1) is 0 Å². The molecule has 0 saturated carbocycles. The molecule has 1 amide bonds. The van der Waals surface area contributed by atoms with E-state index < -0.39 is 0 Å². The van der Waals surface area contributed by atoms with Gasteiger partial charge in [-0.3, -0.25) is 14.2 Å². The Morgan fingerprint density at radius 2 is 2.26 bits per heavy atom. The van der Waals surface area contributed by atoms with Gasteiger partial charge in [-0.1, -0.05) is 17.8 Å². The molecule has 3 aromatic heterocycles. The van der Waals surface area contributed by atoms with Crippen LogP contribution in [0.4, 0.5) is 5.13 Å². The summed E-state index contributed by atoms with van der Waals surface area (Å²) in [5.74, 6) is -0.000310. The number of thiazole rings is 1. The van der Waals surface area contributed by atoms with Crippen molar-refractivity contribution in [1.29, 1.82) is 0 Å². The Morgan fingerprint density at radius 1 is 1.41 bits per heavy atom. The van der Waals surface area contributed by atoms with Crippen LogP contribution in [-0.4, -0.2) is 26.2 Å². The summed E-state index contributed by atoms with van der Waals surface area (Å²) in [6, 6.07) is 0. The van der Waals surface area contributed by atoms with Crippen molar-refractivity contribution in [2.24, 2.45) is 0 Å². The monoisotopic (exact) mass is 418 g/mol. The normalized spacial score (nSPS) is 13.5. The zero-order valence-corrected chi connectivity index (χ0v) is 17.0. The molecule has 140 valence electrons. The summed E-state index contributed by atoms with van der Waals surface area (Å²) in [5, 5.41) is 6.44. The third-order valence-corrected chi connectivity index (χ3v) is 7.21. The van der Waals surface area contributed by atoms with Crippen molar-refractivity contribution >= 4 is 55.7 Å². The molecule has 1 N–H and O–H groups in total. The molecule has 3 aromatic rings. The summed E-state index contributed by atoms with van der Waals surface area (Å²) in [6.45, 7) is 4.14. The molecule has 0 unspecified atom stereocenters. The number of aromatic nitrogens is 3. The van der Waals surface area contributed by atoms with Gasteiger partial charge in [0.05, 0.1) is 11.1 Å². The van der Waals surface area contributed by atoms with E-state index in [0.29, 0.717) is 16.8 Å². The Labute approximate surface area is 168 Å². The molecule has 0 bridgehead atoms. The van der Waals surface area contributed by atoms with E-state index in [1.807, 2.05) is 0 Å². The quantitative estimate of drug-likeness (QED) is 0.375. The van der Waals surface area contributed by atoms with Crippen molar-refractivity contribution in [2.75, 3.05) is 11.1 Å². The van der Waals surface area contributed by atoms with E-state index in [4.69, 9.17) is 4.98 Å². The zero-order valence-electron chi connectivity index (χ0n) is 14.6. The minimum Gasteiger partial charge on any atom is -0.301 e. The van der Waals surface area contributed by atoms with Crippen LogP contribution in [0.1, 0.15) is 23.3 Å². The number of aryl methyl sites for hydroxylation is 2. The standard InChI is InChI=1S/C18H18N4O2S3/c1-2-8-22-16(24)14-11-5-3-4-6-12(11)27-15(14)21-18(22)26-10-13(23)20-17-19-7-9-25-17/h2,7,9H,1,3-6,8,10H2,(H,19,20,23). The minimum absolute atomic E-state index is 0.0258. The number of thiophene rings is 1. The van der Waals surface area contributed by atoms with E-state index in [1.165, 1.54) is 40.0 Å². The first-order valence-electron chi connectivity index (χ1n) is 8.65. The van der Waals surface area contributed by atoms with E-state index in [0.717, 1.165) is 29.5 Å². The van der Waals surface area contributed by atoms with Crippen LogP contribution in [0.5, 0.6) is 0 Å². The molecule has 0 aliphatic heterocycles. The number of nitrogens with one attached hydrogen (secondary N) is 1. The number of fused-ring (bicyclic) bond motifs is 3.